The quantitative estimate of drug-likeness (QED) is 0.695. The van der Waals surface area contributed by atoms with Crippen molar-refractivity contribution in [3.05, 3.63) is 28.7 Å². The molecule has 0 N–H and O–H groups in total. The molecule has 1 heterocycles. The minimum atomic E-state index is -0.178. The zero-order chi connectivity index (χ0) is 9.26. The maximum atomic E-state index is 5.55. The van der Waals surface area contributed by atoms with Crippen molar-refractivity contribution in [2.75, 3.05) is 6.61 Å². The van der Waals surface area contributed by atoms with Crippen LogP contribution >= 0.6 is 15.9 Å². The van der Waals surface area contributed by atoms with Crippen LogP contribution in [-0.2, 0) is 9.31 Å². The van der Waals surface area contributed by atoms with Gasteiger partial charge in [-0.3, -0.25) is 0 Å². The zero-order valence-corrected chi connectivity index (χ0v) is 8.95. The molecule has 1 unspecified atom stereocenters. The Hall–Kier alpha value is -0.315. The lowest BCUT2D eigenvalue weighted by Gasteiger charge is -2.04. The molecule has 0 bridgehead atoms. The number of rotatable bonds is 1. The van der Waals surface area contributed by atoms with E-state index in [1.807, 2.05) is 31.2 Å². The van der Waals surface area contributed by atoms with Crippen LogP contribution in [0.25, 0.3) is 0 Å². The summed E-state index contributed by atoms with van der Waals surface area (Å²) in [5, 5.41) is 0. The van der Waals surface area contributed by atoms with E-state index in [1.165, 1.54) is 0 Å². The summed E-state index contributed by atoms with van der Waals surface area (Å²) >= 11 is 3.38. The number of hydrogen-bond acceptors (Lipinski definition) is 2. The SMILES string of the molecule is CC1COB(c2ccc(Br)cc2)O1. The second kappa shape index (κ2) is 3.82. The van der Waals surface area contributed by atoms with Gasteiger partial charge in [-0.15, -0.1) is 0 Å². The molecule has 0 aromatic heterocycles. The summed E-state index contributed by atoms with van der Waals surface area (Å²) in [7, 11) is -0.178. The molecular weight excluding hydrogens is 231 g/mol. The fourth-order valence-corrected chi connectivity index (χ4v) is 1.57. The Balaban J connectivity index is 2.13. The first-order valence-corrected chi connectivity index (χ1v) is 5.07. The molecule has 13 heavy (non-hydrogen) atoms. The number of halogens is 1. The van der Waals surface area contributed by atoms with Gasteiger partial charge in [0.1, 0.15) is 0 Å². The van der Waals surface area contributed by atoms with E-state index in [4.69, 9.17) is 9.31 Å². The maximum Gasteiger partial charge on any atom is 0.494 e. The third-order valence-corrected chi connectivity index (χ3v) is 2.51. The summed E-state index contributed by atoms with van der Waals surface area (Å²) in [6.45, 7) is 2.69. The van der Waals surface area contributed by atoms with Gasteiger partial charge in [0.25, 0.3) is 0 Å². The molecule has 0 saturated carbocycles. The van der Waals surface area contributed by atoms with Crippen molar-refractivity contribution in [1.29, 1.82) is 0 Å². The summed E-state index contributed by atoms with van der Waals surface area (Å²) in [4.78, 5) is 0. The van der Waals surface area contributed by atoms with Crippen LogP contribution < -0.4 is 5.46 Å². The van der Waals surface area contributed by atoms with Gasteiger partial charge >= 0.3 is 7.12 Å². The lowest BCUT2D eigenvalue weighted by atomic mass is 9.80. The first-order chi connectivity index (χ1) is 6.25. The number of benzene rings is 1. The molecule has 2 rings (SSSR count). The smallest absolute Gasteiger partial charge is 0.405 e. The summed E-state index contributed by atoms with van der Waals surface area (Å²) < 4.78 is 12.1. The van der Waals surface area contributed by atoms with E-state index in [-0.39, 0.29) is 13.2 Å². The Kier molecular flexibility index (Phi) is 2.72. The predicted molar refractivity (Wildman–Crippen MR) is 56.0 cm³/mol. The third-order valence-electron chi connectivity index (χ3n) is 1.98. The second-order valence-corrected chi connectivity index (χ2v) is 4.08. The van der Waals surface area contributed by atoms with Gasteiger partial charge in [-0.05, 0) is 24.5 Å². The standard InChI is InChI=1S/C9H10BBrO2/c1-7-6-12-10(13-7)8-2-4-9(11)5-3-8/h2-5,7H,6H2,1H3. The Bertz CT molecular complexity index is 288. The highest BCUT2D eigenvalue weighted by atomic mass is 79.9. The summed E-state index contributed by atoms with van der Waals surface area (Å²) in [6, 6.07) is 8.00. The van der Waals surface area contributed by atoms with Gasteiger partial charge in [0.2, 0.25) is 0 Å². The van der Waals surface area contributed by atoms with Crippen LogP contribution in [0.2, 0.25) is 0 Å². The molecule has 1 atom stereocenters. The molecule has 1 aliphatic rings. The molecule has 1 aromatic rings. The van der Waals surface area contributed by atoms with Crippen molar-refractivity contribution in [3.8, 4) is 0 Å². The normalized spacial score (nSPS) is 22.3. The molecule has 1 fully saturated rings. The van der Waals surface area contributed by atoms with Crippen LogP contribution in [0.4, 0.5) is 0 Å². The highest BCUT2D eigenvalue weighted by molar-refractivity contribution is 9.10. The average molecular weight is 241 g/mol. The minimum absolute atomic E-state index is 0.178. The predicted octanol–water partition coefficient (Wildman–Crippen LogP) is 1.58. The number of hydrogen-bond donors (Lipinski definition) is 0. The molecule has 0 aliphatic carbocycles. The summed E-state index contributed by atoms with van der Waals surface area (Å²) in [5.41, 5.74) is 1.08. The molecule has 68 valence electrons. The lowest BCUT2D eigenvalue weighted by Crippen LogP contribution is -2.31. The Labute approximate surface area is 86.5 Å². The highest BCUT2D eigenvalue weighted by Crippen LogP contribution is 2.10. The highest BCUT2D eigenvalue weighted by Gasteiger charge is 2.30. The van der Waals surface area contributed by atoms with Crippen molar-refractivity contribution >= 4 is 28.5 Å². The molecule has 2 nitrogen and oxygen atoms in total. The van der Waals surface area contributed by atoms with Crippen molar-refractivity contribution in [2.24, 2.45) is 0 Å². The molecule has 1 aliphatic heterocycles. The largest absolute Gasteiger partial charge is 0.494 e. The van der Waals surface area contributed by atoms with E-state index >= 15 is 0 Å². The van der Waals surface area contributed by atoms with E-state index in [0.717, 1.165) is 9.94 Å². The van der Waals surface area contributed by atoms with Crippen molar-refractivity contribution in [3.63, 3.8) is 0 Å². The minimum Gasteiger partial charge on any atom is -0.405 e. The van der Waals surface area contributed by atoms with E-state index in [9.17, 15) is 0 Å². The van der Waals surface area contributed by atoms with Gasteiger partial charge in [-0.25, -0.2) is 0 Å². The van der Waals surface area contributed by atoms with Crippen molar-refractivity contribution in [2.45, 2.75) is 13.0 Å². The molecule has 0 radical (unpaired) electrons. The van der Waals surface area contributed by atoms with E-state index in [1.54, 1.807) is 0 Å². The molecular formula is C9H10BBrO2. The molecule has 1 aromatic carbocycles. The topological polar surface area (TPSA) is 18.5 Å². The first-order valence-electron chi connectivity index (χ1n) is 4.28. The van der Waals surface area contributed by atoms with Crippen LogP contribution in [0.1, 0.15) is 6.92 Å². The van der Waals surface area contributed by atoms with Crippen molar-refractivity contribution < 1.29 is 9.31 Å². The van der Waals surface area contributed by atoms with Crippen LogP contribution in [0.3, 0.4) is 0 Å². The molecule has 0 spiro atoms. The van der Waals surface area contributed by atoms with Crippen LogP contribution in [0, 0.1) is 0 Å². The van der Waals surface area contributed by atoms with Gasteiger partial charge in [0, 0.05) is 4.47 Å². The van der Waals surface area contributed by atoms with Crippen LogP contribution in [0.5, 0.6) is 0 Å². The zero-order valence-electron chi connectivity index (χ0n) is 7.37. The first kappa shape index (κ1) is 9.25. The monoisotopic (exact) mass is 240 g/mol. The maximum absolute atomic E-state index is 5.55. The fraction of sp³-hybridized carbons (Fsp3) is 0.333. The van der Waals surface area contributed by atoms with Gasteiger partial charge in [0.15, 0.2) is 0 Å². The summed E-state index contributed by atoms with van der Waals surface area (Å²) in [6.07, 6.45) is 0.202. The summed E-state index contributed by atoms with van der Waals surface area (Å²) in [5.74, 6) is 0. The Morgan fingerprint density at radius 3 is 2.62 bits per heavy atom. The molecule has 0 amide bonds. The van der Waals surface area contributed by atoms with E-state index < -0.39 is 0 Å². The molecule has 4 heteroatoms. The van der Waals surface area contributed by atoms with Crippen LogP contribution in [0.15, 0.2) is 28.7 Å². The lowest BCUT2D eigenvalue weighted by molar-refractivity contribution is 0.258. The van der Waals surface area contributed by atoms with Gasteiger partial charge < -0.3 is 9.31 Å². The Morgan fingerprint density at radius 1 is 1.38 bits per heavy atom. The third kappa shape index (κ3) is 2.13. The molecule has 1 saturated heterocycles. The van der Waals surface area contributed by atoms with E-state index in [2.05, 4.69) is 15.9 Å². The van der Waals surface area contributed by atoms with E-state index in [0.29, 0.717) is 6.61 Å². The van der Waals surface area contributed by atoms with Gasteiger partial charge in [0.05, 0.1) is 12.7 Å². The van der Waals surface area contributed by atoms with Crippen LogP contribution in [-0.4, -0.2) is 19.8 Å². The fourth-order valence-electron chi connectivity index (χ4n) is 1.31. The second-order valence-electron chi connectivity index (χ2n) is 3.16. The Morgan fingerprint density at radius 2 is 2.08 bits per heavy atom. The average Bonchev–Trinajstić information content (AvgIpc) is 2.53. The van der Waals surface area contributed by atoms with Gasteiger partial charge in [-0.2, -0.15) is 0 Å². The van der Waals surface area contributed by atoms with Gasteiger partial charge in [-0.1, -0.05) is 28.1 Å². The van der Waals surface area contributed by atoms with Crippen molar-refractivity contribution in [1.82, 2.24) is 0 Å².